The minimum absolute atomic E-state index is 0.0315. The number of benzene rings is 2. The van der Waals surface area contributed by atoms with Crippen LogP contribution in [0.5, 0.6) is 5.75 Å². The maximum absolute atomic E-state index is 12.3. The molecule has 0 bridgehead atoms. The molecule has 0 aliphatic heterocycles. The normalized spacial score (nSPS) is 11.7. The molecule has 2 aromatic carbocycles. The third-order valence-corrected chi connectivity index (χ3v) is 6.68. The lowest BCUT2D eigenvalue weighted by atomic mass is 10.1. The van der Waals surface area contributed by atoms with E-state index in [0.29, 0.717) is 22.5 Å². The zero-order valence-corrected chi connectivity index (χ0v) is 17.0. The molecule has 0 aliphatic rings. The maximum atomic E-state index is 12.3. The van der Waals surface area contributed by atoms with Crippen LogP contribution in [0.4, 0.5) is 0 Å². The molecule has 0 spiro atoms. The average Bonchev–Trinajstić information content (AvgIpc) is 3.24. The van der Waals surface area contributed by atoms with E-state index in [4.69, 9.17) is 4.42 Å². The minimum Gasteiger partial charge on any atom is -0.507 e. The van der Waals surface area contributed by atoms with Gasteiger partial charge in [0.15, 0.2) is 9.84 Å². The summed E-state index contributed by atoms with van der Waals surface area (Å²) >= 11 is 0. The van der Waals surface area contributed by atoms with Gasteiger partial charge in [0.2, 0.25) is 0 Å². The van der Waals surface area contributed by atoms with E-state index in [1.54, 1.807) is 62.5 Å². The van der Waals surface area contributed by atoms with Gasteiger partial charge in [0, 0.05) is 5.56 Å². The molecule has 8 nitrogen and oxygen atoms in total. The van der Waals surface area contributed by atoms with Gasteiger partial charge >= 0.3 is 0 Å². The topological polar surface area (TPSA) is 119 Å². The van der Waals surface area contributed by atoms with E-state index in [-0.39, 0.29) is 22.4 Å². The van der Waals surface area contributed by atoms with Crippen LogP contribution in [0.3, 0.4) is 0 Å². The van der Waals surface area contributed by atoms with Crippen LogP contribution >= 0.6 is 0 Å². The van der Waals surface area contributed by atoms with Crippen LogP contribution in [0, 0.1) is 0 Å². The third kappa shape index (κ3) is 3.67. The Hall–Kier alpha value is -3.59. The van der Waals surface area contributed by atoms with Crippen molar-refractivity contribution in [2.75, 3.05) is 0 Å². The number of para-hydroxylation sites is 1. The standard InChI is InChI=1S/C21H18N4O4S/c1-13(2)30(27,28)15-9-7-14(8-10-15)17-11-22-12-18(23-17)21-25-24-20(29-21)16-5-3-4-6-19(16)26/h3-13,26H,1-2H3. The SMILES string of the molecule is CC(C)S(=O)(=O)c1ccc(-c2cncc(-c3nnc(-c4ccccc4O)o3)n2)cc1. The lowest BCUT2D eigenvalue weighted by Crippen LogP contribution is -2.13. The predicted octanol–water partition coefficient (Wildman–Crippen LogP) is 3.75. The molecule has 2 aromatic heterocycles. The number of phenolic OH excluding ortho intramolecular Hbond substituents is 1. The van der Waals surface area contributed by atoms with Crippen molar-refractivity contribution in [2.45, 2.75) is 24.0 Å². The highest BCUT2D eigenvalue weighted by molar-refractivity contribution is 7.92. The van der Waals surface area contributed by atoms with Gasteiger partial charge in [-0.2, -0.15) is 0 Å². The van der Waals surface area contributed by atoms with Gasteiger partial charge in [0.05, 0.1) is 33.8 Å². The monoisotopic (exact) mass is 422 g/mol. The summed E-state index contributed by atoms with van der Waals surface area (Å²) in [6, 6.07) is 13.1. The summed E-state index contributed by atoms with van der Waals surface area (Å²) in [5.41, 5.74) is 2.01. The molecule has 0 radical (unpaired) electrons. The van der Waals surface area contributed by atoms with Crippen molar-refractivity contribution in [3.63, 3.8) is 0 Å². The molecule has 4 aromatic rings. The number of phenols is 1. The second-order valence-corrected chi connectivity index (χ2v) is 9.34. The summed E-state index contributed by atoms with van der Waals surface area (Å²) < 4.78 is 30.2. The van der Waals surface area contributed by atoms with E-state index in [9.17, 15) is 13.5 Å². The Morgan fingerprint density at radius 1 is 0.900 bits per heavy atom. The lowest BCUT2D eigenvalue weighted by Gasteiger charge is -2.08. The van der Waals surface area contributed by atoms with E-state index < -0.39 is 15.1 Å². The summed E-state index contributed by atoms with van der Waals surface area (Å²) in [6.45, 7) is 3.29. The smallest absolute Gasteiger partial charge is 0.268 e. The lowest BCUT2D eigenvalue weighted by molar-refractivity contribution is 0.473. The van der Waals surface area contributed by atoms with Crippen molar-refractivity contribution in [3.05, 3.63) is 60.9 Å². The third-order valence-electron chi connectivity index (χ3n) is 4.51. The first-order valence-electron chi connectivity index (χ1n) is 9.15. The summed E-state index contributed by atoms with van der Waals surface area (Å²) in [5.74, 6) is 0.351. The Morgan fingerprint density at radius 2 is 1.57 bits per heavy atom. The fourth-order valence-electron chi connectivity index (χ4n) is 2.79. The summed E-state index contributed by atoms with van der Waals surface area (Å²) in [7, 11) is -3.34. The van der Waals surface area contributed by atoms with Gasteiger partial charge in [-0.15, -0.1) is 10.2 Å². The number of sulfone groups is 1. The molecule has 2 heterocycles. The Kier molecular flexibility index (Phi) is 5.04. The number of hydrogen-bond donors (Lipinski definition) is 1. The number of rotatable bonds is 5. The van der Waals surface area contributed by atoms with Crippen LogP contribution in [0.1, 0.15) is 13.8 Å². The number of aromatic hydroxyl groups is 1. The van der Waals surface area contributed by atoms with Crippen molar-refractivity contribution in [3.8, 4) is 40.0 Å². The summed E-state index contributed by atoms with van der Waals surface area (Å²) in [6.07, 6.45) is 3.05. The molecule has 0 amide bonds. The number of nitrogens with zero attached hydrogens (tertiary/aromatic N) is 4. The van der Waals surface area contributed by atoms with E-state index in [1.807, 2.05) is 0 Å². The number of hydrogen-bond acceptors (Lipinski definition) is 8. The first-order chi connectivity index (χ1) is 14.4. The highest BCUT2D eigenvalue weighted by atomic mass is 32.2. The van der Waals surface area contributed by atoms with Gasteiger partial charge in [0.1, 0.15) is 11.4 Å². The molecular weight excluding hydrogens is 404 g/mol. The highest BCUT2D eigenvalue weighted by Gasteiger charge is 2.19. The predicted molar refractivity (Wildman–Crippen MR) is 110 cm³/mol. The molecule has 0 aliphatic carbocycles. The van der Waals surface area contributed by atoms with Crippen LogP contribution < -0.4 is 0 Å². The van der Waals surface area contributed by atoms with Gasteiger partial charge in [0.25, 0.3) is 11.8 Å². The minimum atomic E-state index is -3.34. The quantitative estimate of drug-likeness (QED) is 0.516. The number of aromatic nitrogens is 4. The maximum Gasteiger partial charge on any atom is 0.268 e. The Balaban J connectivity index is 1.65. The molecule has 0 atom stereocenters. The van der Waals surface area contributed by atoms with Gasteiger partial charge < -0.3 is 9.52 Å². The molecule has 9 heteroatoms. The van der Waals surface area contributed by atoms with Crippen LogP contribution in [-0.4, -0.2) is 38.9 Å². The first-order valence-corrected chi connectivity index (χ1v) is 10.7. The molecular formula is C21H18N4O4S. The van der Waals surface area contributed by atoms with Crippen LogP contribution in [0.2, 0.25) is 0 Å². The zero-order valence-electron chi connectivity index (χ0n) is 16.2. The summed E-state index contributed by atoms with van der Waals surface area (Å²) in [5, 5.41) is 17.4. The van der Waals surface area contributed by atoms with Crippen molar-refractivity contribution < 1.29 is 17.9 Å². The average molecular weight is 422 g/mol. The molecule has 4 rings (SSSR count). The Morgan fingerprint density at radius 3 is 2.27 bits per heavy atom. The van der Waals surface area contributed by atoms with Gasteiger partial charge in [-0.25, -0.2) is 13.4 Å². The van der Waals surface area contributed by atoms with Crippen LogP contribution in [0.25, 0.3) is 34.3 Å². The van der Waals surface area contributed by atoms with E-state index in [1.165, 1.54) is 12.3 Å². The molecule has 1 N–H and O–H groups in total. The second-order valence-electron chi connectivity index (χ2n) is 6.84. The summed E-state index contributed by atoms with van der Waals surface area (Å²) in [4.78, 5) is 8.94. The van der Waals surface area contributed by atoms with Gasteiger partial charge in [-0.05, 0) is 38.1 Å². The largest absolute Gasteiger partial charge is 0.507 e. The van der Waals surface area contributed by atoms with Crippen LogP contribution in [0.15, 0.2) is 70.2 Å². The van der Waals surface area contributed by atoms with Crippen molar-refractivity contribution in [1.29, 1.82) is 0 Å². The fourth-order valence-corrected chi connectivity index (χ4v) is 3.85. The van der Waals surface area contributed by atoms with E-state index in [0.717, 1.165) is 0 Å². The van der Waals surface area contributed by atoms with Crippen molar-refractivity contribution in [2.24, 2.45) is 0 Å². The zero-order chi connectivity index (χ0) is 21.3. The second kappa shape index (κ2) is 7.68. The van der Waals surface area contributed by atoms with Gasteiger partial charge in [-0.1, -0.05) is 24.3 Å². The van der Waals surface area contributed by atoms with Gasteiger partial charge in [-0.3, -0.25) is 4.98 Å². The molecule has 0 saturated heterocycles. The van der Waals surface area contributed by atoms with E-state index in [2.05, 4.69) is 20.2 Å². The Bertz CT molecular complexity index is 1300. The molecule has 0 saturated carbocycles. The highest BCUT2D eigenvalue weighted by Crippen LogP contribution is 2.30. The molecule has 152 valence electrons. The molecule has 0 fully saturated rings. The van der Waals surface area contributed by atoms with Crippen molar-refractivity contribution in [1.82, 2.24) is 20.2 Å². The molecule has 0 unspecified atom stereocenters. The van der Waals surface area contributed by atoms with Crippen LogP contribution in [-0.2, 0) is 9.84 Å². The first kappa shape index (κ1) is 19.7. The molecule has 30 heavy (non-hydrogen) atoms. The fraction of sp³-hybridized carbons (Fsp3) is 0.143. The van der Waals surface area contributed by atoms with Crippen molar-refractivity contribution >= 4 is 9.84 Å². The van der Waals surface area contributed by atoms with E-state index >= 15 is 0 Å². The Labute approximate surface area is 173 Å².